The molecule has 1 fully saturated rings. The molecule has 5 nitrogen and oxygen atoms in total. The number of ether oxygens (including phenoxy) is 1. The maximum absolute atomic E-state index is 13.2. The minimum Gasteiger partial charge on any atom is -0.508 e. The van der Waals surface area contributed by atoms with E-state index in [4.69, 9.17) is 4.74 Å². The molecule has 1 saturated heterocycles. The molecule has 0 amide bonds. The van der Waals surface area contributed by atoms with Gasteiger partial charge in [0.05, 0.1) is 6.10 Å². The number of halogens is 1. The monoisotopic (exact) mass is 269 g/mol. The average molecular weight is 269 g/mol. The number of carboxylic acids is 1. The minimum atomic E-state index is -1.17. The number of benzene rings is 1. The van der Waals surface area contributed by atoms with Gasteiger partial charge in [-0.15, -0.1) is 0 Å². The van der Waals surface area contributed by atoms with Crippen LogP contribution < -0.4 is 5.32 Å². The zero-order valence-corrected chi connectivity index (χ0v) is 10.3. The molecule has 1 aliphatic heterocycles. The van der Waals surface area contributed by atoms with E-state index in [1.54, 1.807) is 0 Å². The molecule has 1 aromatic rings. The molecule has 0 aliphatic carbocycles. The summed E-state index contributed by atoms with van der Waals surface area (Å²) >= 11 is 0. The maximum atomic E-state index is 13.2. The molecule has 0 aromatic heterocycles. The summed E-state index contributed by atoms with van der Waals surface area (Å²) in [6.45, 7) is 1.03. The Morgan fingerprint density at radius 2 is 2.37 bits per heavy atom. The Hall–Kier alpha value is -1.66. The van der Waals surface area contributed by atoms with Gasteiger partial charge in [0.25, 0.3) is 0 Å². The number of carboxylic acid groups (broad SMARTS) is 1. The van der Waals surface area contributed by atoms with Gasteiger partial charge in [0, 0.05) is 18.7 Å². The van der Waals surface area contributed by atoms with E-state index in [1.165, 1.54) is 0 Å². The molecule has 19 heavy (non-hydrogen) atoms. The van der Waals surface area contributed by atoms with Crippen LogP contribution in [0, 0.1) is 5.82 Å². The van der Waals surface area contributed by atoms with E-state index in [2.05, 4.69) is 5.32 Å². The molecule has 1 aliphatic rings. The summed E-state index contributed by atoms with van der Waals surface area (Å²) in [7, 11) is 0. The summed E-state index contributed by atoms with van der Waals surface area (Å²) in [5, 5.41) is 21.6. The first-order valence-corrected chi connectivity index (χ1v) is 6.14. The molecule has 0 bridgehead atoms. The van der Waals surface area contributed by atoms with Gasteiger partial charge in [0.1, 0.15) is 17.6 Å². The van der Waals surface area contributed by atoms with Gasteiger partial charge < -0.3 is 14.9 Å². The van der Waals surface area contributed by atoms with Crippen molar-refractivity contribution < 1.29 is 24.1 Å². The van der Waals surface area contributed by atoms with Crippen molar-refractivity contribution in [2.24, 2.45) is 0 Å². The summed E-state index contributed by atoms with van der Waals surface area (Å²) < 4.78 is 18.5. The van der Waals surface area contributed by atoms with Crippen molar-refractivity contribution in [1.29, 1.82) is 0 Å². The number of phenols is 1. The summed E-state index contributed by atoms with van der Waals surface area (Å²) in [6, 6.07) is 2.10. The van der Waals surface area contributed by atoms with E-state index >= 15 is 0 Å². The van der Waals surface area contributed by atoms with E-state index in [0.717, 1.165) is 31.0 Å². The zero-order chi connectivity index (χ0) is 13.8. The molecule has 6 heteroatoms. The lowest BCUT2D eigenvalue weighted by atomic mass is 10.1. The van der Waals surface area contributed by atoms with Gasteiger partial charge in [-0.3, -0.25) is 10.1 Å². The van der Waals surface area contributed by atoms with E-state index < -0.39 is 17.8 Å². The van der Waals surface area contributed by atoms with E-state index in [-0.39, 0.29) is 17.4 Å². The highest BCUT2D eigenvalue weighted by atomic mass is 19.1. The third kappa shape index (κ3) is 3.42. The largest absolute Gasteiger partial charge is 0.508 e. The van der Waals surface area contributed by atoms with Crippen molar-refractivity contribution in [2.75, 3.05) is 13.2 Å². The third-order valence-corrected chi connectivity index (χ3v) is 3.12. The fourth-order valence-corrected chi connectivity index (χ4v) is 2.14. The second-order valence-electron chi connectivity index (χ2n) is 4.52. The molecule has 0 spiro atoms. The Labute approximate surface area is 110 Å². The molecule has 1 heterocycles. The summed E-state index contributed by atoms with van der Waals surface area (Å²) in [5.74, 6) is -1.99. The first kappa shape index (κ1) is 13.8. The molecule has 2 unspecified atom stereocenters. The number of nitrogens with one attached hydrogen (secondary N) is 1. The highest BCUT2D eigenvalue weighted by Crippen LogP contribution is 2.25. The van der Waals surface area contributed by atoms with Gasteiger partial charge in [0.15, 0.2) is 0 Å². The number of carbonyl (C=O) groups is 1. The predicted molar refractivity (Wildman–Crippen MR) is 65.4 cm³/mol. The SMILES string of the molecule is O=C(O)C(NCC1CCCO1)c1cc(F)ccc1O. The van der Waals surface area contributed by atoms with Crippen LogP contribution in [0.15, 0.2) is 18.2 Å². The molecule has 1 aromatic carbocycles. The number of rotatable bonds is 5. The van der Waals surface area contributed by atoms with Gasteiger partial charge >= 0.3 is 5.97 Å². The maximum Gasteiger partial charge on any atom is 0.325 e. The van der Waals surface area contributed by atoms with Crippen molar-refractivity contribution in [2.45, 2.75) is 25.0 Å². The number of aliphatic carboxylic acids is 1. The van der Waals surface area contributed by atoms with Crippen LogP contribution in [0.2, 0.25) is 0 Å². The quantitative estimate of drug-likeness (QED) is 0.753. The van der Waals surface area contributed by atoms with Crippen molar-refractivity contribution >= 4 is 5.97 Å². The lowest BCUT2D eigenvalue weighted by Crippen LogP contribution is -2.34. The molecule has 3 N–H and O–H groups in total. The fourth-order valence-electron chi connectivity index (χ4n) is 2.14. The van der Waals surface area contributed by atoms with Crippen LogP contribution >= 0.6 is 0 Å². The van der Waals surface area contributed by atoms with Gasteiger partial charge in [-0.1, -0.05) is 0 Å². The Morgan fingerprint density at radius 3 is 3.00 bits per heavy atom. The van der Waals surface area contributed by atoms with Crippen LogP contribution in [0.5, 0.6) is 5.75 Å². The van der Waals surface area contributed by atoms with Crippen LogP contribution in [0.4, 0.5) is 4.39 Å². The highest BCUT2D eigenvalue weighted by Gasteiger charge is 2.25. The number of phenolic OH excluding ortho intramolecular Hbond substituents is 1. The Balaban J connectivity index is 2.10. The van der Waals surface area contributed by atoms with Gasteiger partial charge in [0.2, 0.25) is 0 Å². The lowest BCUT2D eigenvalue weighted by Gasteiger charge is -2.18. The van der Waals surface area contributed by atoms with Crippen molar-refractivity contribution in [3.8, 4) is 5.75 Å². The zero-order valence-electron chi connectivity index (χ0n) is 10.3. The van der Waals surface area contributed by atoms with Crippen molar-refractivity contribution in [1.82, 2.24) is 5.32 Å². The highest BCUT2D eigenvalue weighted by molar-refractivity contribution is 5.76. The molecule has 2 rings (SSSR count). The number of hydrogen-bond donors (Lipinski definition) is 3. The van der Waals surface area contributed by atoms with Crippen LogP contribution in [0.25, 0.3) is 0 Å². The van der Waals surface area contributed by atoms with E-state index in [0.29, 0.717) is 13.2 Å². The van der Waals surface area contributed by atoms with Gasteiger partial charge in [-0.2, -0.15) is 0 Å². The van der Waals surface area contributed by atoms with Gasteiger partial charge in [-0.05, 0) is 31.0 Å². The summed E-state index contributed by atoms with van der Waals surface area (Å²) in [6.07, 6.45) is 1.79. The minimum absolute atomic E-state index is 0.0190. The Kier molecular flexibility index (Phi) is 4.34. The van der Waals surface area contributed by atoms with E-state index in [9.17, 15) is 19.4 Å². The van der Waals surface area contributed by atoms with Crippen molar-refractivity contribution in [3.05, 3.63) is 29.6 Å². The first-order valence-electron chi connectivity index (χ1n) is 6.14. The smallest absolute Gasteiger partial charge is 0.325 e. The predicted octanol–water partition coefficient (Wildman–Crippen LogP) is 1.43. The van der Waals surface area contributed by atoms with E-state index in [1.807, 2.05) is 0 Å². The Morgan fingerprint density at radius 1 is 1.58 bits per heavy atom. The lowest BCUT2D eigenvalue weighted by molar-refractivity contribution is -0.139. The summed E-state index contributed by atoms with van der Waals surface area (Å²) in [4.78, 5) is 11.2. The van der Waals surface area contributed by atoms with Crippen molar-refractivity contribution in [3.63, 3.8) is 0 Å². The van der Waals surface area contributed by atoms with Crippen LogP contribution in [-0.4, -0.2) is 35.4 Å². The number of hydrogen-bond acceptors (Lipinski definition) is 4. The normalized spacial score (nSPS) is 20.4. The van der Waals surface area contributed by atoms with Crippen LogP contribution in [-0.2, 0) is 9.53 Å². The molecule has 104 valence electrons. The second kappa shape index (κ2) is 5.99. The number of aromatic hydroxyl groups is 1. The topological polar surface area (TPSA) is 78.8 Å². The fraction of sp³-hybridized carbons (Fsp3) is 0.462. The third-order valence-electron chi connectivity index (χ3n) is 3.12. The summed E-state index contributed by atoms with van der Waals surface area (Å²) in [5.41, 5.74) is 0.0190. The molecule has 0 radical (unpaired) electrons. The average Bonchev–Trinajstić information content (AvgIpc) is 2.86. The van der Waals surface area contributed by atoms with Gasteiger partial charge in [-0.25, -0.2) is 4.39 Å². The molecule has 0 saturated carbocycles. The molecular weight excluding hydrogens is 253 g/mol. The van der Waals surface area contributed by atoms with Crippen LogP contribution in [0.3, 0.4) is 0 Å². The standard InChI is InChI=1S/C13H16FNO4/c14-8-3-4-11(16)10(6-8)12(13(17)18)15-7-9-2-1-5-19-9/h3-4,6,9,12,15-16H,1-2,5,7H2,(H,17,18). The molecule has 2 atom stereocenters. The Bertz CT molecular complexity index is 460. The first-order chi connectivity index (χ1) is 9.08. The molecular formula is C13H16FNO4. The second-order valence-corrected chi connectivity index (χ2v) is 4.52. The van der Waals surface area contributed by atoms with Crippen LogP contribution in [0.1, 0.15) is 24.4 Å².